The van der Waals surface area contributed by atoms with Gasteiger partial charge in [0.1, 0.15) is 5.82 Å². The van der Waals surface area contributed by atoms with Crippen molar-refractivity contribution in [3.8, 4) is 0 Å². The summed E-state index contributed by atoms with van der Waals surface area (Å²) in [5, 5.41) is 5.79. The van der Waals surface area contributed by atoms with Crippen molar-refractivity contribution >= 4 is 22.4 Å². The molecule has 0 atom stereocenters. The van der Waals surface area contributed by atoms with Crippen LogP contribution in [0.1, 0.15) is 15.9 Å². The first-order chi connectivity index (χ1) is 9.18. The van der Waals surface area contributed by atoms with Crippen molar-refractivity contribution in [3.63, 3.8) is 0 Å². The number of hydrogen-bond donors (Lipinski definition) is 1. The first kappa shape index (κ1) is 11.4. The Labute approximate surface area is 109 Å². The molecular weight excluding hydrogens is 240 g/mol. The maximum atomic E-state index is 12.5. The molecule has 0 spiro atoms. The van der Waals surface area contributed by atoms with E-state index in [1.54, 1.807) is 25.5 Å². The zero-order valence-electron chi connectivity index (χ0n) is 10.4. The van der Waals surface area contributed by atoms with E-state index in [1.807, 2.05) is 18.2 Å². The third-order valence-electron chi connectivity index (χ3n) is 3.15. The largest absolute Gasteiger partial charge is 0.383 e. The molecule has 2 N–H and O–H groups in total. The number of nitrogens with zero attached hydrogens (tertiary/aromatic N) is 3. The summed E-state index contributed by atoms with van der Waals surface area (Å²) in [5.74, 6) is 0.249. The van der Waals surface area contributed by atoms with Crippen LogP contribution >= 0.6 is 0 Å². The summed E-state index contributed by atoms with van der Waals surface area (Å²) >= 11 is 0. The minimum Gasteiger partial charge on any atom is -0.383 e. The number of nitrogen functional groups attached to an aromatic ring is 1. The van der Waals surface area contributed by atoms with E-state index >= 15 is 0 Å². The number of carbonyl (C=O) groups excluding carboxylic acids is 1. The number of hydrogen-bond acceptors (Lipinski definition) is 4. The molecular formula is C14H12N4O. The number of ketones is 1. The highest BCUT2D eigenvalue weighted by atomic mass is 16.1. The number of carbonyl (C=O) groups is 1. The average molecular weight is 252 g/mol. The Balaban J connectivity index is 2.20. The first-order valence-corrected chi connectivity index (χ1v) is 5.83. The van der Waals surface area contributed by atoms with Gasteiger partial charge >= 0.3 is 0 Å². The third-order valence-corrected chi connectivity index (χ3v) is 3.15. The van der Waals surface area contributed by atoms with Gasteiger partial charge < -0.3 is 5.73 Å². The number of anilines is 1. The van der Waals surface area contributed by atoms with E-state index in [2.05, 4.69) is 10.1 Å². The lowest BCUT2D eigenvalue weighted by Gasteiger charge is -2.05. The molecule has 2 aromatic heterocycles. The van der Waals surface area contributed by atoms with Crippen LogP contribution in [-0.2, 0) is 7.05 Å². The summed E-state index contributed by atoms with van der Waals surface area (Å²) in [5.41, 5.74) is 6.89. The summed E-state index contributed by atoms with van der Waals surface area (Å²) < 4.78 is 1.49. The molecule has 19 heavy (non-hydrogen) atoms. The smallest absolute Gasteiger partial charge is 0.198 e. The number of nitrogens with two attached hydrogens (primary N) is 1. The lowest BCUT2D eigenvalue weighted by atomic mass is 10.00. The van der Waals surface area contributed by atoms with Gasteiger partial charge in [0.05, 0.1) is 11.8 Å². The number of aromatic nitrogens is 3. The van der Waals surface area contributed by atoms with Crippen molar-refractivity contribution in [2.45, 2.75) is 0 Å². The molecule has 2 heterocycles. The highest BCUT2D eigenvalue weighted by Crippen LogP contribution is 2.22. The molecule has 0 aliphatic heterocycles. The SMILES string of the molecule is Cn1ncc(C(=O)c2cccc3cnccc23)c1N. The molecule has 5 heteroatoms. The molecule has 3 rings (SSSR count). The van der Waals surface area contributed by atoms with Crippen molar-refractivity contribution < 1.29 is 4.79 Å². The van der Waals surface area contributed by atoms with Crippen LogP contribution in [0, 0.1) is 0 Å². The van der Waals surface area contributed by atoms with Gasteiger partial charge in [-0.05, 0) is 11.5 Å². The monoisotopic (exact) mass is 252 g/mol. The molecule has 0 aliphatic rings. The lowest BCUT2D eigenvalue weighted by molar-refractivity contribution is 0.104. The molecule has 0 saturated carbocycles. The first-order valence-electron chi connectivity index (χ1n) is 5.83. The predicted octanol–water partition coefficient (Wildman–Crippen LogP) is 1.78. The van der Waals surface area contributed by atoms with Crippen LogP contribution in [0.2, 0.25) is 0 Å². The van der Waals surface area contributed by atoms with E-state index in [1.165, 1.54) is 10.9 Å². The van der Waals surface area contributed by atoms with Gasteiger partial charge in [-0.1, -0.05) is 18.2 Å². The summed E-state index contributed by atoms with van der Waals surface area (Å²) in [6.45, 7) is 0. The van der Waals surface area contributed by atoms with Crippen LogP contribution in [0.15, 0.2) is 42.9 Å². The minimum absolute atomic E-state index is 0.123. The van der Waals surface area contributed by atoms with Gasteiger partial charge in [-0.15, -0.1) is 0 Å². The average Bonchev–Trinajstić information content (AvgIpc) is 2.78. The molecule has 0 fully saturated rings. The van der Waals surface area contributed by atoms with Gasteiger partial charge in [0, 0.05) is 30.4 Å². The van der Waals surface area contributed by atoms with Crippen molar-refractivity contribution in [2.24, 2.45) is 7.05 Å². The van der Waals surface area contributed by atoms with Crippen LogP contribution in [-0.4, -0.2) is 20.5 Å². The normalized spacial score (nSPS) is 10.8. The highest BCUT2D eigenvalue weighted by molar-refractivity contribution is 6.18. The van der Waals surface area contributed by atoms with E-state index in [0.717, 1.165) is 10.8 Å². The lowest BCUT2D eigenvalue weighted by Crippen LogP contribution is -2.06. The molecule has 0 unspecified atom stereocenters. The Morgan fingerprint density at radius 2 is 2.05 bits per heavy atom. The third kappa shape index (κ3) is 1.76. The summed E-state index contributed by atoms with van der Waals surface area (Å²) in [6, 6.07) is 7.38. The number of fused-ring (bicyclic) bond motifs is 1. The van der Waals surface area contributed by atoms with E-state index in [-0.39, 0.29) is 5.78 Å². The zero-order valence-corrected chi connectivity index (χ0v) is 10.4. The summed E-state index contributed by atoms with van der Waals surface area (Å²) in [7, 11) is 1.71. The second-order valence-corrected chi connectivity index (χ2v) is 4.30. The van der Waals surface area contributed by atoms with E-state index in [9.17, 15) is 4.79 Å². The minimum atomic E-state index is -0.123. The van der Waals surface area contributed by atoms with Gasteiger partial charge in [0.2, 0.25) is 0 Å². The van der Waals surface area contributed by atoms with Gasteiger partial charge in [0.25, 0.3) is 0 Å². The topological polar surface area (TPSA) is 73.8 Å². The van der Waals surface area contributed by atoms with E-state index in [0.29, 0.717) is 16.9 Å². The highest BCUT2D eigenvalue weighted by Gasteiger charge is 2.17. The fourth-order valence-electron chi connectivity index (χ4n) is 2.09. The van der Waals surface area contributed by atoms with Crippen molar-refractivity contribution in [2.75, 3.05) is 5.73 Å². The molecule has 0 bridgehead atoms. The van der Waals surface area contributed by atoms with Crippen molar-refractivity contribution in [1.82, 2.24) is 14.8 Å². The fourth-order valence-corrected chi connectivity index (χ4v) is 2.09. The fraction of sp³-hybridized carbons (Fsp3) is 0.0714. The molecule has 0 radical (unpaired) electrons. The van der Waals surface area contributed by atoms with Gasteiger partial charge in [-0.3, -0.25) is 14.5 Å². The van der Waals surface area contributed by atoms with Crippen LogP contribution in [0.5, 0.6) is 0 Å². The van der Waals surface area contributed by atoms with E-state index in [4.69, 9.17) is 5.73 Å². The van der Waals surface area contributed by atoms with Gasteiger partial charge in [-0.2, -0.15) is 5.10 Å². The van der Waals surface area contributed by atoms with Crippen LogP contribution in [0.25, 0.3) is 10.8 Å². The second kappa shape index (κ2) is 4.20. The molecule has 94 valence electrons. The van der Waals surface area contributed by atoms with Crippen molar-refractivity contribution in [3.05, 3.63) is 54.0 Å². The Morgan fingerprint density at radius 3 is 2.79 bits per heavy atom. The Kier molecular flexibility index (Phi) is 2.52. The van der Waals surface area contributed by atoms with Gasteiger partial charge in [0.15, 0.2) is 5.78 Å². The number of benzene rings is 1. The Hall–Kier alpha value is -2.69. The molecule has 0 aliphatic carbocycles. The zero-order chi connectivity index (χ0) is 13.4. The summed E-state index contributed by atoms with van der Waals surface area (Å²) in [6.07, 6.45) is 4.90. The van der Waals surface area contributed by atoms with Crippen LogP contribution in [0.3, 0.4) is 0 Å². The molecule has 0 saturated heterocycles. The van der Waals surface area contributed by atoms with E-state index < -0.39 is 0 Å². The predicted molar refractivity (Wildman–Crippen MR) is 72.8 cm³/mol. The number of rotatable bonds is 2. The second-order valence-electron chi connectivity index (χ2n) is 4.30. The molecule has 3 aromatic rings. The van der Waals surface area contributed by atoms with Crippen molar-refractivity contribution in [1.29, 1.82) is 0 Å². The number of aryl methyl sites for hydroxylation is 1. The molecule has 0 amide bonds. The number of pyridine rings is 1. The summed E-state index contributed by atoms with van der Waals surface area (Å²) in [4.78, 5) is 16.6. The van der Waals surface area contributed by atoms with Gasteiger partial charge in [-0.25, -0.2) is 0 Å². The Bertz CT molecular complexity index is 771. The van der Waals surface area contributed by atoms with Crippen LogP contribution in [0.4, 0.5) is 5.82 Å². The Morgan fingerprint density at radius 1 is 1.21 bits per heavy atom. The molecule has 1 aromatic carbocycles. The maximum absolute atomic E-state index is 12.5. The standard InChI is InChI=1S/C14H12N4O/c1-18-14(15)12(8-17-18)13(19)11-4-2-3-9-7-16-6-5-10(9)11/h2-8H,15H2,1H3. The maximum Gasteiger partial charge on any atom is 0.198 e. The van der Waals surface area contributed by atoms with Crippen LogP contribution < -0.4 is 5.73 Å². The molecule has 5 nitrogen and oxygen atoms in total. The quantitative estimate of drug-likeness (QED) is 0.705.